The van der Waals surface area contributed by atoms with Crippen LogP contribution >= 0.6 is 11.3 Å². The number of aliphatic hydroxyl groups excluding tert-OH is 1. The number of carbonyl (C=O) groups excluding carboxylic acids is 1. The predicted octanol–water partition coefficient (Wildman–Crippen LogP) is 6.80. The van der Waals surface area contributed by atoms with E-state index < -0.39 is 35.6 Å². The molecule has 4 heterocycles. The molecular formula is C31H31F6N5O2S. The van der Waals surface area contributed by atoms with Crippen LogP contribution in [0.3, 0.4) is 0 Å². The second-order valence-corrected chi connectivity index (χ2v) is 12.8. The normalized spacial score (nSPS) is 19.2. The lowest BCUT2D eigenvalue weighted by atomic mass is 9.89. The molecule has 2 N–H and O–H groups in total. The number of fused-ring (bicyclic) bond motifs is 2. The van der Waals surface area contributed by atoms with Gasteiger partial charge in [-0.3, -0.25) is 9.89 Å². The number of likely N-dealkylation sites (tertiary alicyclic amines) is 1. The Bertz CT molecular complexity index is 1670. The van der Waals surface area contributed by atoms with Crippen molar-refractivity contribution in [3.05, 3.63) is 69.9 Å². The summed E-state index contributed by atoms with van der Waals surface area (Å²) >= 11 is 1.41. The summed E-state index contributed by atoms with van der Waals surface area (Å²) in [4.78, 5) is 21.0. The molecule has 14 heteroatoms. The summed E-state index contributed by atoms with van der Waals surface area (Å²) in [5.74, 6) is -0.0621. The van der Waals surface area contributed by atoms with Crippen LogP contribution in [-0.2, 0) is 23.6 Å². The minimum absolute atomic E-state index is 0.108. The number of thiazole rings is 1. The number of hydrogen-bond acceptors (Lipinski definition) is 6. The summed E-state index contributed by atoms with van der Waals surface area (Å²) in [6.45, 7) is 3.57. The molecule has 1 saturated heterocycles. The average molecular weight is 652 g/mol. The molecule has 4 aromatic rings. The number of benzene rings is 2. The molecule has 240 valence electrons. The first-order valence-corrected chi connectivity index (χ1v) is 15.5. The Morgan fingerprint density at radius 3 is 2.33 bits per heavy atom. The number of H-pyrrole nitrogens is 1. The van der Waals surface area contributed by atoms with E-state index >= 15 is 0 Å². The predicted molar refractivity (Wildman–Crippen MR) is 157 cm³/mol. The van der Waals surface area contributed by atoms with Crippen molar-refractivity contribution in [2.45, 2.75) is 63.0 Å². The molecule has 1 amide bonds. The van der Waals surface area contributed by atoms with Crippen LogP contribution in [0.1, 0.15) is 65.5 Å². The Morgan fingerprint density at radius 2 is 1.69 bits per heavy atom. The zero-order chi connectivity index (χ0) is 32.1. The third kappa shape index (κ3) is 6.59. The highest BCUT2D eigenvalue weighted by Crippen LogP contribution is 2.41. The molecule has 2 unspecified atom stereocenters. The number of nitrogens with one attached hydrogen (secondary N) is 1. The van der Waals surface area contributed by atoms with Crippen LogP contribution in [0, 0.1) is 0 Å². The van der Waals surface area contributed by atoms with Gasteiger partial charge in [-0.05, 0) is 62.7 Å². The largest absolute Gasteiger partial charge is 0.416 e. The van der Waals surface area contributed by atoms with Gasteiger partial charge < -0.3 is 14.9 Å². The minimum Gasteiger partial charge on any atom is -0.392 e. The van der Waals surface area contributed by atoms with Crippen LogP contribution in [0.5, 0.6) is 0 Å². The smallest absolute Gasteiger partial charge is 0.392 e. The van der Waals surface area contributed by atoms with Crippen LogP contribution in [0.15, 0.2) is 42.5 Å². The Kier molecular flexibility index (Phi) is 8.42. The number of hydrogen-bond donors (Lipinski definition) is 2. The van der Waals surface area contributed by atoms with Gasteiger partial charge in [-0.2, -0.15) is 31.4 Å². The zero-order valence-electron chi connectivity index (χ0n) is 24.3. The van der Waals surface area contributed by atoms with Crippen molar-refractivity contribution in [3.8, 4) is 11.3 Å². The van der Waals surface area contributed by atoms with Crippen molar-refractivity contribution >= 4 is 27.5 Å². The maximum atomic E-state index is 13.1. The quantitative estimate of drug-likeness (QED) is 0.224. The van der Waals surface area contributed by atoms with Crippen molar-refractivity contribution in [3.63, 3.8) is 0 Å². The minimum atomic E-state index is -4.47. The van der Waals surface area contributed by atoms with E-state index in [-0.39, 0.29) is 18.2 Å². The van der Waals surface area contributed by atoms with Crippen molar-refractivity contribution in [2.75, 3.05) is 26.2 Å². The molecule has 0 spiro atoms. The van der Waals surface area contributed by atoms with Gasteiger partial charge in [0.1, 0.15) is 0 Å². The van der Waals surface area contributed by atoms with Gasteiger partial charge >= 0.3 is 12.4 Å². The third-order valence-corrected chi connectivity index (χ3v) is 9.92. The van der Waals surface area contributed by atoms with Gasteiger partial charge in [0.15, 0.2) is 0 Å². The number of halogens is 6. The summed E-state index contributed by atoms with van der Waals surface area (Å²) in [5.41, 5.74) is 1.30. The van der Waals surface area contributed by atoms with Crippen molar-refractivity contribution in [1.82, 2.24) is 25.0 Å². The van der Waals surface area contributed by atoms with Gasteiger partial charge in [-0.15, -0.1) is 11.3 Å². The fraction of sp³-hybridized carbons (Fsp3) is 0.452. The number of carbonyl (C=O) groups is 1. The van der Waals surface area contributed by atoms with Crippen LogP contribution in [0.25, 0.3) is 21.5 Å². The monoisotopic (exact) mass is 651 g/mol. The van der Waals surface area contributed by atoms with Gasteiger partial charge in [0.05, 0.1) is 44.2 Å². The maximum absolute atomic E-state index is 13.1. The second-order valence-electron chi connectivity index (χ2n) is 11.7. The summed E-state index contributed by atoms with van der Waals surface area (Å²) < 4.78 is 79.5. The third-order valence-electron chi connectivity index (χ3n) is 8.72. The van der Waals surface area contributed by atoms with Crippen molar-refractivity contribution in [1.29, 1.82) is 0 Å². The fourth-order valence-electron chi connectivity index (χ4n) is 6.43. The van der Waals surface area contributed by atoms with E-state index in [0.29, 0.717) is 59.6 Å². The number of amides is 1. The SMILES string of the molecule is CC(=O)N1CCc2[nH]nc(-c3ccc(C(F)(F)F)cc3)c2C1CC(O)CN1CCC(c2nc3cc(C(F)(F)F)ccc3s2)CC1. The molecule has 0 radical (unpaired) electrons. The van der Waals surface area contributed by atoms with E-state index in [4.69, 9.17) is 0 Å². The van der Waals surface area contributed by atoms with E-state index in [0.717, 1.165) is 47.8 Å². The van der Waals surface area contributed by atoms with E-state index in [1.165, 1.54) is 36.5 Å². The second kappa shape index (κ2) is 12.0. The lowest BCUT2D eigenvalue weighted by Gasteiger charge is -2.38. The van der Waals surface area contributed by atoms with Gasteiger partial charge in [-0.25, -0.2) is 4.98 Å². The van der Waals surface area contributed by atoms with Gasteiger partial charge in [-0.1, -0.05) is 12.1 Å². The fourth-order valence-corrected chi connectivity index (χ4v) is 7.55. The van der Waals surface area contributed by atoms with Crippen LogP contribution in [0.4, 0.5) is 26.3 Å². The molecule has 2 atom stereocenters. The molecule has 6 rings (SSSR count). The topological polar surface area (TPSA) is 85.3 Å². The first kappa shape index (κ1) is 31.5. The van der Waals surface area contributed by atoms with E-state index in [1.807, 2.05) is 0 Å². The highest BCUT2D eigenvalue weighted by Gasteiger charge is 2.37. The zero-order valence-corrected chi connectivity index (χ0v) is 25.1. The average Bonchev–Trinajstić information content (AvgIpc) is 3.61. The van der Waals surface area contributed by atoms with E-state index in [1.54, 1.807) is 4.90 Å². The summed E-state index contributed by atoms with van der Waals surface area (Å²) in [6.07, 6.45) is -7.49. The molecule has 0 bridgehead atoms. The van der Waals surface area contributed by atoms with E-state index in [9.17, 15) is 36.2 Å². The van der Waals surface area contributed by atoms with Gasteiger partial charge in [0.25, 0.3) is 0 Å². The first-order valence-electron chi connectivity index (χ1n) is 14.7. The standard InChI is InChI=1S/C31H31F6N5O2S/c1-17(43)42-13-10-23-27(28(40-39-23)18-2-4-20(5-3-18)30(32,33)34)25(42)15-22(44)16-41-11-8-19(9-12-41)29-38-24-14-21(31(35,36)37)6-7-26(24)45-29/h2-7,14,19,22,25,44H,8-13,15-16H2,1H3,(H,39,40). The maximum Gasteiger partial charge on any atom is 0.416 e. The highest BCUT2D eigenvalue weighted by atomic mass is 32.1. The molecule has 1 fully saturated rings. The van der Waals surface area contributed by atoms with Gasteiger partial charge in [0.2, 0.25) is 5.91 Å². The first-order chi connectivity index (χ1) is 21.3. The Hall–Kier alpha value is -3.49. The van der Waals surface area contributed by atoms with Crippen LogP contribution in [-0.4, -0.2) is 68.3 Å². The number of nitrogens with zero attached hydrogens (tertiary/aromatic N) is 4. The molecule has 0 saturated carbocycles. The lowest BCUT2D eigenvalue weighted by Crippen LogP contribution is -2.43. The molecule has 2 aliphatic rings. The summed E-state index contributed by atoms with van der Waals surface area (Å²) in [7, 11) is 0. The lowest BCUT2D eigenvalue weighted by molar-refractivity contribution is -0.138. The number of β-amino-alcohol motifs (C(OH)–C–C–N with tert-alkyl or cyclic N) is 1. The summed E-state index contributed by atoms with van der Waals surface area (Å²) in [5, 5.41) is 19.4. The number of piperidine rings is 1. The number of aliphatic hydroxyl groups is 1. The van der Waals surface area contributed by atoms with Crippen molar-refractivity contribution in [2.24, 2.45) is 0 Å². The number of aromatic amines is 1. The van der Waals surface area contributed by atoms with Crippen LogP contribution in [0.2, 0.25) is 0 Å². The molecule has 2 aromatic heterocycles. The Balaban J connectivity index is 1.13. The number of rotatable bonds is 6. The Morgan fingerprint density at radius 1 is 1.02 bits per heavy atom. The molecule has 2 aromatic carbocycles. The molecule has 45 heavy (non-hydrogen) atoms. The Labute approximate surface area is 258 Å². The summed E-state index contributed by atoms with van der Waals surface area (Å²) in [6, 6.07) is 7.85. The molecule has 7 nitrogen and oxygen atoms in total. The molecular weight excluding hydrogens is 620 g/mol. The van der Waals surface area contributed by atoms with Gasteiger partial charge in [0, 0.05) is 49.2 Å². The highest BCUT2D eigenvalue weighted by molar-refractivity contribution is 7.18. The van der Waals surface area contributed by atoms with Crippen LogP contribution < -0.4 is 0 Å². The molecule has 2 aliphatic heterocycles. The molecule has 0 aliphatic carbocycles. The van der Waals surface area contributed by atoms with E-state index in [2.05, 4.69) is 20.1 Å². The van der Waals surface area contributed by atoms with Crippen molar-refractivity contribution < 1.29 is 36.2 Å². The number of alkyl halides is 6. The number of aromatic nitrogens is 3.